The first kappa shape index (κ1) is 27.5. The van der Waals surface area contributed by atoms with Crippen molar-refractivity contribution in [3.05, 3.63) is 58.9 Å². The van der Waals surface area contributed by atoms with Gasteiger partial charge in [0.25, 0.3) is 0 Å². The molecule has 1 aliphatic carbocycles. The van der Waals surface area contributed by atoms with Crippen LogP contribution in [0.3, 0.4) is 0 Å². The molecule has 0 aromatic heterocycles. The van der Waals surface area contributed by atoms with Crippen molar-refractivity contribution in [2.24, 2.45) is 11.8 Å². The quantitative estimate of drug-likeness (QED) is 0.314. The van der Waals surface area contributed by atoms with Crippen molar-refractivity contribution in [2.75, 3.05) is 26.3 Å². The smallest absolute Gasteiger partial charge is 0.387 e. The number of allylic oxidation sites excluding steroid dienone is 2. The van der Waals surface area contributed by atoms with E-state index in [0.717, 1.165) is 73.0 Å². The van der Waals surface area contributed by atoms with Crippen molar-refractivity contribution in [2.45, 2.75) is 65.6 Å². The van der Waals surface area contributed by atoms with Crippen molar-refractivity contribution in [1.82, 2.24) is 4.90 Å². The minimum Gasteiger partial charge on any atom is -0.489 e. The van der Waals surface area contributed by atoms with Gasteiger partial charge in [-0.3, -0.25) is 9.29 Å². The van der Waals surface area contributed by atoms with E-state index in [4.69, 9.17) is 4.74 Å². The van der Waals surface area contributed by atoms with Crippen molar-refractivity contribution >= 4 is 11.1 Å². The van der Waals surface area contributed by atoms with Crippen LogP contribution in [-0.2, 0) is 0 Å². The summed E-state index contributed by atoms with van der Waals surface area (Å²) in [7, 11) is 0. The average Bonchev–Trinajstić information content (AvgIpc) is 3.24. The molecule has 1 heterocycles. The van der Waals surface area contributed by atoms with E-state index in [1.165, 1.54) is 6.07 Å². The van der Waals surface area contributed by atoms with Gasteiger partial charge in [0.15, 0.2) is 0 Å². The maximum absolute atomic E-state index is 15.2. The molecular formula is C30H37F4NO2. The molecule has 4 rings (SSSR count). The van der Waals surface area contributed by atoms with E-state index in [9.17, 15) is 13.2 Å². The zero-order chi connectivity index (χ0) is 26.5. The molecule has 37 heavy (non-hydrogen) atoms. The average molecular weight is 520 g/mol. The van der Waals surface area contributed by atoms with Crippen molar-refractivity contribution < 1.29 is 27.0 Å². The van der Waals surface area contributed by atoms with E-state index in [0.29, 0.717) is 24.3 Å². The fourth-order valence-corrected chi connectivity index (χ4v) is 5.73. The van der Waals surface area contributed by atoms with Gasteiger partial charge in [0, 0.05) is 31.3 Å². The molecule has 2 unspecified atom stereocenters. The number of benzene rings is 2. The van der Waals surface area contributed by atoms with Gasteiger partial charge in [0.2, 0.25) is 0 Å². The van der Waals surface area contributed by atoms with Crippen LogP contribution in [0.5, 0.6) is 11.5 Å². The Hall–Kier alpha value is -2.54. The summed E-state index contributed by atoms with van der Waals surface area (Å²) < 4.78 is 63.7. The molecule has 0 saturated carbocycles. The molecule has 2 aromatic rings. The van der Waals surface area contributed by atoms with Gasteiger partial charge in [-0.2, -0.15) is 8.78 Å². The summed E-state index contributed by atoms with van der Waals surface area (Å²) >= 11 is 0. The Morgan fingerprint density at radius 2 is 1.78 bits per heavy atom. The molecule has 7 heteroatoms. The number of halogens is 4. The lowest BCUT2D eigenvalue weighted by Gasteiger charge is -2.25. The lowest BCUT2D eigenvalue weighted by atomic mass is 9.80. The summed E-state index contributed by atoms with van der Waals surface area (Å²) in [6.07, 6.45) is 4.23. The number of nitrogens with zero attached hydrogens (tertiary/aromatic N) is 1. The highest BCUT2D eigenvalue weighted by Crippen LogP contribution is 2.45. The highest BCUT2D eigenvalue weighted by atomic mass is 19.3. The summed E-state index contributed by atoms with van der Waals surface area (Å²) in [6.45, 7) is 5.64. The molecule has 2 aliphatic rings. The summed E-state index contributed by atoms with van der Waals surface area (Å²) in [5.41, 5.74) is 4.59. The van der Waals surface area contributed by atoms with Crippen LogP contribution in [-0.4, -0.2) is 43.9 Å². The van der Waals surface area contributed by atoms with Crippen LogP contribution >= 0.6 is 0 Å². The van der Waals surface area contributed by atoms with E-state index in [2.05, 4.69) is 29.6 Å². The lowest BCUT2D eigenvalue weighted by molar-refractivity contribution is -0.0500. The maximum atomic E-state index is 15.2. The number of alkyl halides is 3. The van der Waals surface area contributed by atoms with Crippen LogP contribution < -0.4 is 9.47 Å². The topological polar surface area (TPSA) is 21.7 Å². The van der Waals surface area contributed by atoms with E-state index in [1.54, 1.807) is 6.07 Å². The molecule has 1 saturated heterocycles. The molecule has 0 spiro atoms. The Kier molecular flexibility index (Phi) is 9.17. The van der Waals surface area contributed by atoms with Crippen molar-refractivity contribution in [3.8, 4) is 11.5 Å². The maximum Gasteiger partial charge on any atom is 0.387 e. The SMILES string of the molecule is Cc1cc(O[C@H]2CCN(CCCF)C2)ccc1C1=C(c2ccc(OC(F)F)cc2F)CCCC(C)C1C. The first-order valence-electron chi connectivity index (χ1n) is 13.3. The second-order valence-corrected chi connectivity index (χ2v) is 10.4. The molecule has 2 aromatic carbocycles. The number of likely N-dealkylation sites (tertiary alicyclic amines) is 1. The summed E-state index contributed by atoms with van der Waals surface area (Å²) in [4.78, 5) is 2.24. The van der Waals surface area contributed by atoms with Gasteiger partial charge in [0.1, 0.15) is 23.4 Å². The van der Waals surface area contributed by atoms with Gasteiger partial charge in [0.05, 0.1) is 6.67 Å². The monoisotopic (exact) mass is 519 g/mol. The van der Waals surface area contributed by atoms with Crippen molar-refractivity contribution in [3.63, 3.8) is 0 Å². The van der Waals surface area contributed by atoms with Gasteiger partial charge in [-0.15, -0.1) is 0 Å². The third kappa shape index (κ3) is 6.67. The molecule has 0 radical (unpaired) electrons. The van der Waals surface area contributed by atoms with E-state index < -0.39 is 12.4 Å². The number of aryl methyl sites for hydroxylation is 1. The molecule has 0 bridgehead atoms. The van der Waals surface area contributed by atoms with Crippen LogP contribution in [0.4, 0.5) is 17.6 Å². The van der Waals surface area contributed by atoms with E-state index >= 15 is 4.39 Å². The Balaban J connectivity index is 1.64. The molecule has 1 fully saturated rings. The van der Waals surface area contributed by atoms with Crippen LogP contribution in [0, 0.1) is 24.6 Å². The highest BCUT2D eigenvalue weighted by molar-refractivity contribution is 5.93. The third-order valence-electron chi connectivity index (χ3n) is 7.84. The highest BCUT2D eigenvalue weighted by Gasteiger charge is 2.28. The zero-order valence-electron chi connectivity index (χ0n) is 21.9. The number of ether oxygens (including phenoxy) is 2. The van der Waals surface area contributed by atoms with Crippen LogP contribution in [0.25, 0.3) is 11.1 Å². The minimum atomic E-state index is -3.00. The van der Waals surface area contributed by atoms with Crippen molar-refractivity contribution in [1.29, 1.82) is 0 Å². The predicted octanol–water partition coefficient (Wildman–Crippen LogP) is 7.92. The first-order valence-corrected chi connectivity index (χ1v) is 13.3. The lowest BCUT2D eigenvalue weighted by Crippen LogP contribution is -2.26. The van der Waals surface area contributed by atoms with E-state index in [1.807, 2.05) is 19.1 Å². The third-order valence-corrected chi connectivity index (χ3v) is 7.84. The van der Waals surface area contributed by atoms with E-state index in [-0.39, 0.29) is 24.4 Å². The molecule has 202 valence electrons. The second-order valence-electron chi connectivity index (χ2n) is 10.4. The zero-order valence-corrected chi connectivity index (χ0v) is 21.9. The van der Waals surface area contributed by atoms with Gasteiger partial charge >= 0.3 is 6.61 Å². The molecule has 0 amide bonds. The Morgan fingerprint density at radius 3 is 2.49 bits per heavy atom. The fraction of sp³-hybridized carbons (Fsp3) is 0.533. The number of rotatable bonds is 9. The van der Waals surface area contributed by atoms with Gasteiger partial charge in [-0.25, -0.2) is 4.39 Å². The Morgan fingerprint density at radius 1 is 1.03 bits per heavy atom. The van der Waals surface area contributed by atoms with Gasteiger partial charge in [-0.05, 0) is 97.4 Å². The predicted molar refractivity (Wildman–Crippen MR) is 139 cm³/mol. The molecule has 0 N–H and O–H groups in total. The van der Waals surface area contributed by atoms with Gasteiger partial charge in [-0.1, -0.05) is 19.9 Å². The molecular weight excluding hydrogens is 482 g/mol. The van der Waals surface area contributed by atoms with Crippen LogP contribution in [0.1, 0.15) is 62.6 Å². The molecule has 3 nitrogen and oxygen atoms in total. The van der Waals surface area contributed by atoms with Crippen LogP contribution in [0.2, 0.25) is 0 Å². The minimum absolute atomic E-state index is 0.0829. The summed E-state index contributed by atoms with van der Waals surface area (Å²) in [5, 5.41) is 0. The normalized spacial score (nSPS) is 23.0. The second kappa shape index (κ2) is 12.3. The fourth-order valence-electron chi connectivity index (χ4n) is 5.73. The number of hydrogen-bond acceptors (Lipinski definition) is 3. The van der Waals surface area contributed by atoms with Gasteiger partial charge < -0.3 is 9.47 Å². The summed E-state index contributed by atoms with van der Waals surface area (Å²) in [6, 6.07) is 10.1. The number of hydrogen-bond donors (Lipinski definition) is 0. The molecule has 1 aliphatic heterocycles. The Bertz CT molecular complexity index is 1100. The summed E-state index contributed by atoms with van der Waals surface area (Å²) in [5.74, 6) is 0.680. The van der Waals surface area contributed by atoms with Crippen LogP contribution in [0.15, 0.2) is 36.4 Å². The molecule has 3 atom stereocenters. The first-order chi connectivity index (χ1) is 17.8. The largest absolute Gasteiger partial charge is 0.489 e. The Labute approximate surface area is 217 Å². The standard InChI is InChI=1S/C30H37F4NO2/c1-19-6-4-7-27(26-11-9-23(17-28(26)32)37-30(33)34)29(21(19)3)25-10-8-22(16-20(25)2)36-24-12-15-35(18-24)14-5-13-31/h8-11,16-17,19,21,24,30H,4-7,12-15,18H2,1-3H3/t19?,21?,24-/m0/s1.